The van der Waals surface area contributed by atoms with Crippen LogP contribution in [-0.4, -0.2) is 28.5 Å². The largest absolute Gasteiger partial charge is 0.497 e. The second kappa shape index (κ2) is 9.73. The number of methoxy groups -OCH3 is 1. The number of aryl methyl sites for hydroxylation is 1. The van der Waals surface area contributed by atoms with E-state index in [2.05, 4.69) is 15.6 Å². The fourth-order valence-electron chi connectivity index (χ4n) is 3.36. The maximum atomic E-state index is 13.0. The monoisotopic (exact) mass is 406 g/mol. The van der Waals surface area contributed by atoms with Crippen LogP contribution < -0.4 is 15.4 Å². The Hall–Kier alpha value is -3.61. The fourth-order valence-corrected chi connectivity index (χ4v) is 3.36. The highest BCUT2D eigenvalue weighted by molar-refractivity contribution is 5.79. The molecule has 0 unspecified atom stereocenters. The Morgan fingerprint density at radius 3 is 2.43 bits per heavy atom. The van der Waals surface area contributed by atoms with Gasteiger partial charge in [0.25, 0.3) is 0 Å². The summed E-state index contributed by atoms with van der Waals surface area (Å²) in [7, 11) is 3.48. The first-order valence-corrected chi connectivity index (χ1v) is 9.70. The van der Waals surface area contributed by atoms with E-state index in [1.165, 1.54) is 6.92 Å². The minimum atomic E-state index is -0.457. The Bertz CT molecular complexity index is 1000. The average molecular weight is 406 g/mol. The summed E-state index contributed by atoms with van der Waals surface area (Å²) in [4.78, 5) is 29.1. The number of carbonyl (C=O) groups excluding carboxylic acids is 2. The smallest absolute Gasteiger partial charge is 0.223 e. The molecule has 3 aromatic rings. The molecule has 2 N–H and O–H groups in total. The molecular formula is C23H26N4O3. The summed E-state index contributed by atoms with van der Waals surface area (Å²) in [5.74, 6) is 1.01. The number of amides is 2. The van der Waals surface area contributed by atoms with Gasteiger partial charge in [-0.05, 0) is 23.3 Å². The van der Waals surface area contributed by atoms with Gasteiger partial charge in [0.2, 0.25) is 11.8 Å². The number of aromatic nitrogens is 2. The molecule has 7 heteroatoms. The molecule has 0 aliphatic carbocycles. The second-order valence-electron chi connectivity index (χ2n) is 7.04. The van der Waals surface area contributed by atoms with Gasteiger partial charge in [-0.1, -0.05) is 42.5 Å². The molecule has 156 valence electrons. The van der Waals surface area contributed by atoms with E-state index in [0.717, 1.165) is 11.1 Å². The minimum absolute atomic E-state index is 0.106. The molecule has 0 spiro atoms. The number of carbonyl (C=O) groups is 2. The molecule has 30 heavy (non-hydrogen) atoms. The van der Waals surface area contributed by atoms with Crippen molar-refractivity contribution in [2.45, 2.75) is 25.4 Å². The second-order valence-corrected chi connectivity index (χ2v) is 7.04. The van der Waals surface area contributed by atoms with Gasteiger partial charge in [0.15, 0.2) is 0 Å². The zero-order valence-corrected chi connectivity index (χ0v) is 17.3. The summed E-state index contributed by atoms with van der Waals surface area (Å²) in [6.07, 6.45) is 3.63. The zero-order chi connectivity index (χ0) is 21.5. The van der Waals surface area contributed by atoms with Crippen molar-refractivity contribution in [3.05, 3.63) is 83.9 Å². The molecule has 0 bridgehead atoms. The number of nitrogens with zero attached hydrogens (tertiary/aromatic N) is 2. The van der Waals surface area contributed by atoms with Crippen molar-refractivity contribution in [3.8, 4) is 5.75 Å². The molecule has 1 heterocycles. The number of benzene rings is 2. The first-order valence-electron chi connectivity index (χ1n) is 9.70. The lowest BCUT2D eigenvalue weighted by molar-refractivity contribution is -0.123. The van der Waals surface area contributed by atoms with Crippen LogP contribution >= 0.6 is 0 Å². The van der Waals surface area contributed by atoms with Crippen molar-refractivity contribution < 1.29 is 14.3 Å². The molecule has 0 aliphatic heterocycles. The maximum Gasteiger partial charge on any atom is 0.223 e. The van der Waals surface area contributed by atoms with E-state index in [4.69, 9.17) is 4.74 Å². The van der Waals surface area contributed by atoms with Crippen LogP contribution in [0, 0.1) is 0 Å². The SMILES string of the molecule is COc1cccc([C@@H](NC(=O)C[C@H](NC(C)=O)c2ccccc2)c2nccn2C)c1. The van der Waals surface area contributed by atoms with Crippen LogP contribution in [0.15, 0.2) is 67.0 Å². The molecule has 0 aliphatic rings. The predicted molar refractivity (Wildman–Crippen MR) is 114 cm³/mol. The Labute approximate surface area is 176 Å². The molecule has 2 atom stereocenters. The van der Waals surface area contributed by atoms with Gasteiger partial charge in [0.05, 0.1) is 19.6 Å². The van der Waals surface area contributed by atoms with Gasteiger partial charge in [-0.2, -0.15) is 0 Å². The standard InChI is InChI=1S/C23H26N4O3/c1-16(28)25-20(17-8-5-4-6-9-17)15-21(29)26-22(23-24-12-13-27(23)2)18-10-7-11-19(14-18)30-3/h4-14,20,22H,15H2,1-3H3,(H,25,28)(H,26,29)/t20-,22+/m0/s1. The summed E-state index contributed by atoms with van der Waals surface area (Å²) in [6, 6.07) is 16.1. The normalized spacial score (nSPS) is 12.6. The Morgan fingerprint density at radius 2 is 1.80 bits per heavy atom. The minimum Gasteiger partial charge on any atom is -0.497 e. The lowest BCUT2D eigenvalue weighted by Crippen LogP contribution is -2.35. The van der Waals surface area contributed by atoms with Gasteiger partial charge in [-0.3, -0.25) is 9.59 Å². The van der Waals surface area contributed by atoms with E-state index in [1.54, 1.807) is 13.3 Å². The molecule has 1 aromatic heterocycles. The molecule has 0 saturated heterocycles. The Morgan fingerprint density at radius 1 is 1.07 bits per heavy atom. The first-order chi connectivity index (χ1) is 14.5. The van der Waals surface area contributed by atoms with Crippen molar-refractivity contribution in [1.29, 1.82) is 0 Å². The Kier molecular flexibility index (Phi) is 6.85. The van der Waals surface area contributed by atoms with Crippen LogP contribution in [0.5, 0.6) is 5.75 Å². The summed E-state index contributed by atoms with van der Waals surface area (Å²) >= 11 is 0. The fraction of sp³-hybridized carbons (Fsp3) is 0.261. The molecule has 3 rings (SSSR count). The number of imidazole rings is 1. The third kappa shape index (κ3) is 5.26. The molecule has 2 amide bonds. The van der Waals surface area contributed by atoms with Gasteiger partial charge in [0.1, 0.15) is 17.6 Å². The first kappa shape index (κ1) is 21.1. The quantitative estimate of drug-likeness (QED) is 0.602. The summed E-state index contributed by atoms with van der Waals surface area (Å²) < 4.78 is 7.20. The number of rotatable bonds is 8. The van der Waals surface area contributed by atoms with Crippen molar-refractivity contribution in [3.63, 3.8) is 0 Å². The van der Waals surface area contributed by atoms with Crippen LogP contribution in [0.1, 0.15) is 42.4 Å². The van der Waals surface area contributed by atoms with Gasteiger partial charge in [-0.15, -0.1) is 0 Å². The maximum absolute atomic E-state index is 13.0. The number of hydrogen-bond donors (Lipinski definition) is 2. The highest BCUT2D eigenvalue weighted by atomic mass is 16.5. The number of nitrogens with one attached hydrogen (secondary N) is 2. The van der Waals surface area contributed by atoms with E-state index in [1.807, 2.05) is 72.4 Å². The van der Waals surface area contributed by atoms with E-state index < -0.39 is 12.1 Å². The Balaban J connectivity index is 1.85. The van der Waals surface area contributed by atoms with E-state index >= 15 is 0 Å². The van der Waals surface area contributed by atoms with E-state index in [0.29, 0.717) is 11.6 Å². The number of ether oxygens (including phenoxy) is 1. The number of hydrogen-bond acceptors (Lipinski definition) is 4. The highest BCUT2D eigenvalue weighted by Crippen LogP contribution is 2.25. The van der Waals surface area contributed by atoms with Crippen LogP contribution in [0.2, 0.25) is 0 Å². The summed E-state index contributed by atoms with van der Waals surface area (Å²) in [5, 5.41) is 5.94. The third-order valence-electron chi connectivity index (χ3n) is 4.82. The van der Waals surface area contributed by atoms with Gasteiger partial charge < -0.3 is 19.9 Å². The van der Waals surface area contributed by atoms with Crippen LogP contribution in [0.25, 0.3) is 0 Å². The molecule has 0 radical (unpaired) electrons. The van der Waals surface area contributed by atoms with Crippen LogP contribution in [-0.2, 0) is 16.6 Å². The summed E-state index contributed by atoms with van der Waals surface area (Å²) in [5.41, 5.74) is 1.73. The van der Waals surface area contributed by atoms with Gasteiger partial charge in [0, 0.05) is 26.4 Å². The van der Waals surface area contributed by atoms with Crippen molar-refractivity contribution >= 4 is 11.8 Å². The lowest BCUT2D eigenvalue weighted by Gasteiger charge is -2.22. The molecule has 0 saturated carbocycles. The van der Waals surface area contributed by atoms with E-state index in [9.17, 15) is 9.59 Å². The predicted octanol–water partition coefficient (Wildman–Crippen LogP) is 2.90. The van der Waals surface area contributed by atoms with E-state index in [-0.39, 0.29) is 18.2 Å². The molecule has 2 aromatic carbocycles. The molecule has 7 nitrogen and oxygen atoms in total. The van der Waals surface area contributed by atoms with Crippen LogP contribution in [0.4, 0.5) is 0 Å². The average Bonchev–Trinajstić information content (AvgIpc) is 3.17. The van der Waals surface area contributed by atoms with Crippen molar-refractivity contribution in [2.75, 3.05) is 7.11 Å². The molecule has 0 fully saturated rings. The van der Waals surface area contributed by atoms with Crippen molar-refractivity contribution in [2.24, 2.45) is 7.05 Å². The van der Waals surface area contributed by atoms with Gasteiger partial charge >= 0.3 is 0 Å². The zero-order valence-electron chi connectivity index (χ0n) is 17.3. The van der Waals surface area contributed by atoms with Crippen molar-refractivity contribution in [1.82, 2.24) is 20.2 Å². The molecular weight excluding hydrogens is 380 g/mol. The highest BCUT2D eigenvalue weighted by Gasteiger charge is 2.24. The lowest BCUT2D eigenvalue weighted by atomic mass is 10.0. The van der Waals surface area contributed by atoms with Gasteiger partial charge in [-0.25, -0.2) is 4.98 Å². The topological polar surface area (TPSA) is 85.2 Å². The third-order valence-corrected chi connectivity index (χ3v) is 4.82. The van der Waals surface area contributed by atoms with Crippen LogP contribution in [0.3, 0.4) is 0 Å². The summed E-state index contributed by atoms with van der Waals surface area (Å²) in [6.45, 7) is 1.45.